The Labute approximate surface area is 159 Å². The summed E-state index contributed by atoms with van der Waals surface area (Å²) < 4.78 is 5.69. The molecule has 2 aromatic rings. The molecule has 1 aliphatic carbocycles. The van der Waals surface area contributed by atoms with Crippen LogP contribution in [0.1, 0.15) is 70.2 Å². The van der Waals surface area contributed by atoms with E-state index in [1.165, 1.54) is 0 Å². The number of hydrogen-bond acceptors (Lipinski definition) is 5. The molecule has 1 aliphatic heterocycles. The topological polar surface area (TPSA) is 75.4 Å². The van der Waals surface area contributed by atoms with Crippen molar-refractivity contribution in [3.63, 3.8) is 0 Å². The van der Waals surface area contributed by atoms with Crippen LogP contribution in [0.5, 0.6) is 5.75 Å². The van der Waals surface area contributed by atoms with Crippen LogP contribution in [0.15, 0.2) is 40.1 Å². The number of anilines is 1. The Morgan fingerprint density at radius 3 is 2.48 bits per heavy atom. The normalized spacial score (nSPS) is 21.5. The van der Waals surface area contributed by atoms with Crippen LogP contribution in [-0.4, -0.2) is 16.0 Å². The van der Waals surface area contributed by atoms with Crippen molar-refractivity contribution in [3.05, 3.63) is 52.4 Å². The first-order valence-electron chi connectivity index (χ1n) is 9.39. The van der Waals surface area contributed by atoms with Gasteiger partial charge in [-0.15, -0.1) is 0 Å². The van der Waals surface area contributed by atoms with Crippen LogP contribution in [0.25, 0.3) is 0 Å². The summed E-state index contributed by atoms with van der Waals surface area (Å²) in [6.45, 7) is 10.5. The molecule has 0 spiro atoms. The fourth-order valence-electron chi connectivity index (χ4n) is 4.26. The van der Waals surface area contributed by atoms with E-state index in [9.17, 15) is 9.90 Å². The zero-order valence-corrected chi connectivity index (χ0v) is 16.5. The summed E-state index contributed by atoms with van der Waals surface area (Å²) in [5.74, 6) is 0.765. The van der Waals surface area contributed by atoms with E-state index in [2.05, 4.69) is 45.1 Å². The Balaban J connectivity index is 1.96. The number of nitrogens with zero attached hydrogens (tertiary/aromatic N) is 1. The molecule has 5 heteroatoms. The molecule has 2 heterocycles. The molecule has 0 radical (unpaired) electrons. The lowest BCUT2D eigenvalue weighted by Gasteiger charge is -2.38. The van der Waals surface area contributed by atoms with Gasteiger partial charge in [0, 0.05) is 29.0 Å². The van der Waals surface area contributed by atoms with Crippen molar-refractivity contribution in [2.45, 2.75) is 58.8 Å². The molecular formula is C22H26N2O3. The average Bonchev–Trinajstić information content (AvgIpc) is 2.96. The third-order valence-electron chi connectivity index (χ3n) is 5.43. The number of allylic oxidation sites excluding steroid dienone is 2. The summed E-state index contributed by atoms with van der Waals surface area (Å²) in [4.78, 5) is 13.2. The number of phenols is 1. The minimum Gasteiger partial charge on any atom is -0.508 e. The van der Waals surface area contributed by atoms with E-state index in [1.807, 2.05) is 12.1 Å². The van der Waals surface area contributed by atoms with Gasteiger partial charge in [0.1, 0.15) is 5.75 Å². The molecule has 1 aromatic heterocycles. The highest BCUT2D eigenvalue weighted by atomic mass is 16.5. The van der Waals surface area contributed by atoms with Crippen LogP contribution in [0.2, 0.25) is 0 Å². The zero-order valence-electron chi connectivity index (χ0n) is 16.5. The van der Waals surface area contributed by atoms with Crippen LogP contribution in [0.4, 0.5) is 5.88 Å². The largest absolute Gasteiger partial charge is 0.508 e. The van der Waals surface area contributed by atoms with Crippen LogP contribution < -0.4 is 5.32 Å². The molecule has 1 atom stereocenters. The lowest BCUT2D eigenvalue weighted by atomic mass is 9.68. The number of nitrogens with one attached hydrogen (secondary N) is 1. The highest BCUT2D eigenvalue weighted by molar-refractivity contribution is 6.01. The van der Waals surface area contributed by atoms with Crippen molar-refractivity contribution in [2.24, 2.45) is 5.41 Å². The quantitative estimate of drug-likeness (QED) is 0.752. The van der Waals surface area contributed by atoms with Crippen molar-refractivity contribution in [2.75, 3.05) is 5.32 Å². The molecule has 0 fully saturated rings. The van der Waals surface area contributed by atoms with Gasteiger partial charge in [-0.3, -0.25) is 4.79 Å². The molecule has 1 aromatic carbocycles. The number of aromatic nitrogens is 1. The van der Waals surface area contributed by atoms with E-state index in [4.69, 9.17) is 4.52 Å². The monoisotopic (exact) mass is 366 g/mol. The van der Waals surface area contributed by atoms with Crippen molar-refractivity contribution in [3.8, 4) is 5.75 Å². The van der Waals surface area contributed by atoms with Crippen molar-refractivity contribution < 1.29 is 14.4 Å². The van der Waals surface area contributed by atoms with Gasteiger partial charge in [-0.2, -0.15) is 0 Å². The summed E-state index contributed by atoms with van der Waals surface area (Å²) >= 11 is 0. The number of ketones is 1. The predicted molar refractivity (Wildman–Crippen MR) is 104 cm³/mol. The van der Waals surface area contributed by atoms with Crippen LogP contribution in [0, 0.1) is 5.41 Å². The Bertz CT molecular complexity index is 943. The first kappa shape index (κ1) is 17.8. The highest BCUT2D eigenvalue weighted by Crippen LogP contribution is 2.51. The number of benzene rings is 1. The van der Waals surface area contributed by atoms with Gasteiger partial charge in [0.05, 0.1) is 11.3 Å². The predicted octanol–water partition coefficient (Wildman–Crippen LogP) is 4.88. The van der Waals surface area contributed by atoms with E-state index in [-0.39, 0.29) is 28.3 Å². The molecule has 0 saturated carbocycles. The van der Waals surface area contributed by atoms with E-state index >= 15 is 0 Å². The SMILES string of the molecule is CC1(C)CC(=O)C2=C(C1)Nc1onc(C(C)(C)C)c1C2c1ccc(O)cc1. The second-order valence-electron chi connectivity index (χ2n) is 9.51. The minimum absolute atomic E-state index is 0.0905. The second kappa shape index (κ2) is 5.72. The van der Waals surface area contributed by atoms with Gasteiger partial charge in [0.15, 0.2) is 5.78 Å². The van der Waals surface area contributed by atoms with Gasteiger partial charge >= 0.3 is 0 Å². The van der Waals surface area contributed by atoms with E-state index in [1.54, 1.807) is 12.1 Å². The molecule has 0 amide bonds. The van der Waals surface area contributed by atoms with Gasteiger partial charge in [-0.25, -0.2) is 0 Å². The number of rotatable bonds is 1. The molecule has 142 valence electrons. The molecule has 0 bridgehead atoms. The van der Waals surface area contributed by atoms with E-state index < -0.39 is 0 Å². The van der Waals surface area contributed by atoms with Crippen LogP contribution in [-0.2, 0) is 10.2 Å². The highest BCUT2D eigenvalue weighted by Gasteiger charge is 2.44. The zero-order chi connectivity index (χ0) is 19.6. The molecule has 4 rings (SSSR count). The summed E-state index contributed by atoms with van der Waals surface area (Å²) in [7, 11) is 0. The number of carbonyl (C=O) groups excluding carboxylic acids is 1. The van der Waals surface area contributed by atoms with E-state index in [0.717, 1.165) is 34.5 Å². The average molecular weight is 366 g/mol. The Morgan fingerprint density at radius 1 is 1.19 bits per heavy atom. The number of fused-ring (bicyclic) bond motifs is 1. The number of hydrogen-bond donors (Lipinski definition) is 2. The maximum absolute atomic E-state index is 13.2. The standard InChI is InChI=1S/C22H26N2O3/c1-21(2,3)19-18-16(12-6-8-13(25)9-7-12)17-14(23-20(18)27-24-19)10-22(4,5)11-15(17)26/h6-9,16,23,25H,10-11H2,1-5H3. The van der Waals surface area contributed by atoms with Crippen LogP contribution in [0.3, 0.4) is 0 Å². The van der Waals surface area contributed by atoms with Crippen molar-refractivity contribution in [1.82, 2.24) is 5.16 Å². The summed E-state index contributed by atoms with van der Waals surface area (Å²) in [6, 6.07) is 7.09. The number of phenolic OH excluding ortho intramolecular Hbond substituents is 1. The molecule has 2 aliphatic rings. The molecule has 0 saturated heterocycles. The van der Waals surface area contributed by atoms with Gasteiger partial charge in [-0.05, 0) is 29.5 Å². The van der Waals surface area contributed by atoms with Gasteiger partial charge in [0.25, 0.3) is 0 Å². The number of Topliss-reactive ketones (excluding diaryl/α,β-unsaturated/α-hetero) is 1. The molecular weight excluding hydrogens is 340 g/mol. The fourth-order valence-corrected chi connectivity index (χ4v) is 4.26. The smallest absolute Gasteiger partial charge is 0.233 e. The first-order chi connectivity index (χ1) is 12.6. The second-order valence-corrected chi connectivity index (χ2v) is 9.51. The molecule has 1 unspecified atom stereocenters. The summed E-state index contributed by atoms with van der Waals surface area (Å²) in [5, 5.41) is 17.5. The number of aromatic hydroxyl groups is 1. The maximum Gasteiger partial charge on any atom is 0.233 e. The summed E-state index contributed by atoms with van der Waals surface area (Å²) in [5.41, 5.74) is 4.17. The van der Waals surface area contributed by atoms with Gasteiger partial charge in [0.2, 0.25) is 5.88 Å². The summed E-state index contributed by atoms with van der Waals surface area (Å²) in [6.07, 6.45) is 1.31. The van der Waals surface area contributed by atoms with Crippen molar-refractivity contribution >= 4 is 11.7 Å². The third-order valence-corrected chi connectivity index (χ3v) is 5.43. The van der Waals surface area contributed by atoms with Gasteiger partial charge in [-0.1, -0.05) is 51.9 Å². The lowest BCUT2D eigenvalue weighted by Crippen LogP contribution is -2.34. The van der Waals surface area contributed by atoms with Gasteiger partial charge < -0.3 is 14.9 Å². The molecule has 27 heavy (non-hydrogen) atoms. The minimum atomic E-state index is -0.235. The Hall–Kier alpha value is -2.56. The lowest BCUT2D eigenvalue weighted by molar-refractivity contribution is -0.118. The van der Waals surface area contributed by atoms with Crippen molar-refractivity contribution in [1.29, 1.82) is 0 Å². The maximum atomic E-state index is 13.2. The Morgan fingerprint density at radius 2 is 1.85 bits per heavy atom. The fraction of sp³-hybridized carbons (Fsp3) is 0.455. The number of carbonyl (C=O) groups is 1. The Kier molecular flexibility index (Phi) is 3.78. The molecule has 2 N–H and O–H groups in total. The first-order valence-corrected chi connectivity index (χ1v) is 9.39. The van der Waals surface area contributed by atoms with Crippen LogP contribution >= 0.6 is 0 Å². The van der Waals surface area contributed by atoms with E-state index in [0.29, 0.717) is 12.3 Å². The molecule has 5 nitrogen and oxygen atoms in total. The third kappa shape index (κ3) is 2.95.